The van der Waals surface area contributed by atoms with Crippen molar-refractivity contribution in [3.8, 4) is 17.5 Å². The minimum Gasteiger partial charge on any atom is -0.339 e. The Morgan fingerprint density at radius 3 is 2.61 bits per heavy atom. The fourth-order valence-corrected chi connectivity index (χ4v) is 4.51. The highest BCUT2D eigenvalue weighted by atomic mass is 16.2. The molecular formula is C27H29N5O. The number of hydrogen-bond acceptors (Lipinski definition) is 4. The van der Waals surface area contributed by atoms with E-state index >= 15 is 0 Å². The number of nitrogens with one attached hydrogen (secondary N) is 1. The number of carbonyl (C=O) groups is 1. The van der Waals surface area contributed by atoms with E-state index in [0.717, 1.165) is 61.3 Å². The van der Waals surface area contributed by atoms with Gasteiger partial charge in [-0.2, -0.15) is 10.4 Å². The lowest BCUT2D eigenvalue weighted by Crippen LogP contribution is -2.38. The Balaban J connectivity index is 1.49. The number of piperidine rings is 1. The maximum absolute atomic E-state index is 13.4. The molecule has 4 rings (SSSR count). The Morgan fingerprint density at radius 2 is 1.94 bits per heavy atom. The Morgan fingerprint density at radius 1 is 1.21 bits per heavy atom. The summed E-state index contributed by atoms with van der Waals surface area (Å²) in [6.45, 7) is 9.21. The smallest absolute Gasteiger partial charge is 0.254 e. The highest BCUT2D eigenvalue weighted by Gasteiger charge is 2.26. The predicted octanol–water partition coefficient (Wildman–Crippen LogP) is 5.10. The summed E-state index contributed by atoms with van der Waals surface area (Å²) in [5.41, 5.74) is 5.54. The van der Waals surface area contributed by atoms with Crippen LogP contribution in [0.3, 0.4) is 0 Å². The number of aromatic nitrogens is 3. The van der Waals surface area contributed by atoms with Crippen molar-refractivity contribution in [1.82, 2.24) is 20.1 Å². The molecule has 0 saturated carbocycles. The Kier molecular flexibility index (Phi) is 6.69. The van der Waals surface area contributed by atoms with E-state index in [4.69, 9.17) is 5.26 Å². The van der Waals surface area contributed by atoms with E-state index in [1.54, 1.807) is 0 Å². The van der Waals surface area contributed by atoms with Gasteiger partial charge in [-0.15, -0.1) is 6.58 Å². The van der Waals surface area contributed by atoms with Crippen molar-refractivity contribution in [2.24, 2.45) is 0 Å². The van der Waals surface area contributed by atoms with Gasteiger partial charge in [0.2, 0.25) is 0 Å². The average Bonchev–Trinajstić information content (AvgIpc) is 3.31. The zero-order valence-electron chi connectivity index (χ0n) is 19.3. The molecule has 1 aliphatic rings. The van der Waals surface area contributed by atoms with Crippen LogP contribution in [0.25, 0.3) is 11.4 Å². The van der Waals surface area contributed by atoms with Gasteiger partial charge in [0, 0.05) is 30.6 Å². The van der Waals surface area contributed by atoms with Gasteiger partial charge >= 0.3 is 0 Å². The van der Waals surface area contributed by atoms with E-state index in [2.05, 4.69) is 27.8 Å². The lowest BCUT2D eigenvalue weighted by atomic mass is 9.88. The number of benzene rings is 2. The maximum atomic E-state index is 13.4. The van der Waals surface area contributed by atoms with Crippen LogP contribution < -0.4 is 0 Å². The van der Waals surface area contributed by atoms with Crippen LogP contribution in [0.2, 0.25) is 0 Å². The van der Waals surface area contributed by atoms with Crippen molar-refractivity contribution < 1.29 is 4.79 Å². The van der Waals surface area contributed by atoms with Crippen LogP contribution in [0.5, 0.6) is 0 Å². The fourth-order valence-electron chi connectivity index (χ4n) is 4.51. The van der Waals surface area contributed by atoms with Gasteiger partial charge in [0.1, 0.15) is 5.82 Å². The van der Waals surface area contributed by atoms with Crippen LogP contribution in [0.15, 0.2) is 49.1 Å². The van der Waals surface area contributed by atoms with E-state index in [1.807, 2.05) is 61.2 Å². The van der Waals surface area contributed by atoms with Crippen LogP contribution in [-0.2, 0) is 6.42 Å². The molecule has 1 fully saturated rings. The third-order valence-electron chi connectivity index (χ3n) is 6.45. The molecule has 33 heavy (non-hydrogen) atoms. The van der Waals surface area contributed by atoms with Crippen LogP contribution in [0.4, 0.5) is 0 Å². The average molecular weight is 440 g/mol. The molecule has 1 amide bonds. The first-order chi connectivity index (χ1) is 16.0. The first kappa shape index (κ1) is 22.5. The zero-order chi connectivity index (χ0) is 23.4. The minimum atomic E-state index is 0.0643. The van der Waals surface area contributed by atoms with Crippen molar-refractivity contribution in [2.45, 2.75) is 45.4 Å². The molecule has 6 nitrogen and oxygen atoms in total. The first-order valence-electron chi connectivity index (χ1n) is 11.4. The molecule has 3 aromatic rings. The van der Waals surface area contributed by atoms with Crippen LogP contribution in [0, 0.1) is 25.2 Å². The summed E-state index contributed by atoms with van der Waals surface area (Å²) < 4.78 is 0. The van der Waals surface area contributed by atoms with Crippen LogP contribution >= 0.6 is 0 Å². The number of carbonyl (C=O) groups excluding carboxylic acids is 1. The van der Waals surface area contributed by atoms with E-state index in [0.29, 0.717) is 22.9 Å². The summed E-state index contributed by atoms with van der Waals surface area (Å²) in [7, 11) is 0. The molecule has 2 heterocycles. The van der Waals surface area contributed by atoms with Gasteiger partial charge in [-0.25, -0.2) is 4.98 Å². The normalized spacial score (nSPS) is 14.2. The number of aryl methyl sites for hydroxylation is 3. The topological polar surface area (TPSA) is 85.7 Å². The van der Waals surface area contributed by atoms with E-state index in [-0.39, 0.29) is 5.91 Å². The van der Waals surface area contributed by atoms with Crippen molar-refractivity contribution >= 4 is 5.91 Å². The Hall–Kier alpha value is -3.72. The van der Waals surface area contributed by atoms with Gasteiger partial charge in [-0.3, -0.25) is 9.89 Å². The molecule has 1 aromatic heterocycles. The second kappa shape index (κ2) is 9.83. The van der Waals surface area contributed by atoms with Crippen molar-refractivity contribution in [1.29, 1.82) is 5.26 Å². The summed E-state index contributed by atoms with van der Waals surface area (Å²) in [5.74, 6) is 1.93. The second-order valence-electron chi connectivity index (χ2n) is 8.72. The van der Waals surface area contributed by atoms with Gasteiger partial charge in [0.25, 0.3) is 5.91 Å². The van der Waals surface area contributed by atoms with Crippen LogP contribution in [0.1, 0.15) is 63.6 Å². The molecule has 0 aliphatic carbocycles. The number of allylic oxidation sites excluding steroid dienone is 1. The number of nitrogens with zero attached hydrogens (tertiary/aromatic N) is 4. The number of rotatable bonds is 6. The molecule has 1 saturated heterocycles. The number of hydrogen-bond donors (Lipinski definition) is 1. The van der Waals surface area contributed by atoms with E-state index < -0.39 is 0 Å². The summed E-state index contributed by atoms with van der Waals surface area (Å²) >= 11 is 0. The largest absolute Gasteiger partial charge is 0.339 e. The predicted molar refractivity (Wildman–Crippen MR) is 129 cm³/mol. The lowest BCUT2D eigenvalue weighted by molar-refractivity contribution is 0.0712. The van der Waals surface area contributed by atoms with Gasteiger partial charge in [0.05, 0.1) is 11.6 Å². The molecule has 2 aromatic carbocycles. The minimum absolute atomic E-state index is 0.0643. The summed E-state index contributed by atoms with van der Waals surface area (Å²) in [5, 5.41) is 16.4. The van der Waals surface area contributed by atoms with Crippen molar-refractivity contribution in [3.05, 3.63) is 82.7 Å². The van der Waals surface area contributed by atoms with Crippen molar-refractivity contribution in [2.75, 3.05) is 13.1 Å². The molecule has 1 aliphatic heterocycles. The maximum Gasteiger partial charge on any atom is 0.254 e. The standard InChI is InChI=1S/C27H29N5O/c1-4-5-6-25-29-26(31-30-25)23-16-24(19(3)15-18(23)2)27(33)32-13-11-22(12-14-32)21-9-7-20(17-28)8-10-21/h4,7-10,15-16,22H,1,5-6,11-14H2,2-3H3,(H,29,30,31). The summed E-state index contributed by atoms with van der Waals surface area (Å²) in [6.07, 6.45) is 5.30. The van der Waals surface area contributed by atoms with Crippen molar-refractivity contribution in [3.63, 3.8) is 0 Å². The van der Waals surface area contributed by atoms with E-state index in [9.17, 15) is 4.79 Å². The van der Waals surface area contributed by atoms with Gasteiger partial charge in [0.15, 0.2) is 5.82 Å². The molecule has 0 atom stereocenters. The van der Waals surface area contributed by atoms with E-state index in [1.165, 1.54) is 5.56 Å². The third-order valence-corrected chi connectivity index (χ3v) is 6.45. The zero-order valence-corrected chi connectivity index (χ0v) is 19.3. The van der Waals surface area contributed by atoms with Gasteiger partial charge in [-0.1, -0.05) is 24.3 Å². The quantitative estimate of drug-likeness (QED) is 0.542. The second-order valence-corrected chi connectivity index (χ2v) is 8.72. The van der Waals surface area contributed by atoms with Crippen LogP contribution in [-0.4, -0.2) is 39.1 Å². The Labute approximate surface area is 195 Å². The lowest BCUT2D eigenvalue weighted by Gasteiger charge is -2.32. The monoisotopic (exact) mass is 439 g/mol. The fraction of sp³-hybridized carbons (Fsp3) is 0.333. The molecule has 168 valence electrons. The molecule has 0 bridgehead atoms. The first-order valence-corrected chi connectivity index (χ1v) is 11.4. The number of nitriles is 1. The number of H-pyrrole nitrogens is 1. The molecule has 6 heteroatoms. The number of likely N-dealkylation sites (tertiary alicyclic amines) is 1. The molecular weight excluding hydrogens is 410 g/mol. The summed E-state index contributed by atoms with van der Waals surface area (Å²) in [4.78, 5) is 20.0. The Bertz CT molecular complexity index is 1190. The molecule has 0 unspecified atom stereocenters. The number of amides is 1. The highest BCUT2D eigenvalue weighted by molar-refractivity contribution is 5.97. The molecule has 0 radical (unpaired) electrons. The molecule has 0 spiro atoms. The highest BCUT2D eigenvalue weighted by Crippen LogP contribution is 2.30. The summed E-state index contributed by atoms with van der Waals surface area (Å²) in [6, 6.07) is 14.0. The SMILES string of the molecule is C=CCCc1nc(-c2cc(C(=O)N3CCC(c4ccc(C#N)cc4)CC3)c(C)cc2C)n[nH]1. The van der Waals surface area contributed by atoms with Gasteiger partial charge in [-0.05, 0) is 73.9 Å². The van der Waals surface area contributed by atoms with Gasteiger partial charge < -0.3 is 4.90 Å². The number of aromatic amines is 1. The molecule has 1 N–H and O–H groups in total. The third kappa shape index (κ3) is 4.88.